The van der Waals surface area contributed by atoms with Crippen molar-refractivity contribution in [3.8, 4) is 0 Å². The minimum absolute atomic E-state index is 0.214. The Hall–Kier alpha value is -2.45. The van der Waals surface area contributed by atoms with Gasteiger partial charge in [-0.3, -0.25) is 14.6 Å². The van der Waals surface area contributed by atoms with Gasteiger partial charge < -0.3 is 19.0 Å². The average molecular weight is 479 g/mol. The summed E-state index contributed by atoms with van der Waals surface area (Å²) in [5.74, 6) is -0.214. The minimum atomic E-state index is -0.596. The van der Waals surface area contributed by atoms with Gasteiger partial charge in [-0.15, -0.1) is 0 Å². The Bertz CT molecular complexity index is 760. The normalized spacial score (nSPS) is 16.8. The first-order valence-corrected chi connectivity index (χ1v) is 11.7. The second-order valence-electron chi connectivity index (χ2n) is 10.3. The van der Waals surface area contributed by atoms with Gasteiger partial charge in [0.25, 0.3) is 0 Å². The highest BCUT2D eigenvalue weighted by Crippen LogP contribution is 2.27. The van der Waals surface area contributed by atoms with E-state index in [9.17, 15) is 14.4 Å². The van der Waals surface area contributed by atoms with Crippen molar-refractivity contribution in [1.29, 1.82) is 0 Å². The zero-order valence-corrected chi connectivity index (χ0v) is 21.8. The van der Waals surface area contributed by atoms with E-state index >= 15 is 0 Å². The maximum Gasteiger partial charge on any atom is 0.410 e. The lowest BCUT2D eigenvalue weighted by atomic mass is 9.85. The summed E-state index contributed by atoms with van der Waals surface area (Å²) < 4.78 is 15.1. The molecule has 1 unspecified atom stereocenters. The number of benzene rings is 1. The molecule has 1 heterocycles. The largest absolute Gasteiger partial charge is 0.461 e. The number of piperazine rings is 1. The van der Waals surface area contributed by atoms with Gasteiger partial charge in [0.2, 0.25) is 0 Å². The van der Waals surface area contributed by atoms with Crippen LogP contribution in [0, 0.1) is 5.41 Å². The van der Waals surface area contributed by atoms with Gasteiger partial charge in [-0.05, 0) is 44.7 Å². The number of amides is 1. The van der Waals surface area contributed by atoms with Crippen LogP contribution < -0.4 is 0 Å². The van der Waals surface area contributed by atoms with E-state index < -0.39 is 17.7 Å². The molecule has 2 rings (SSSR count). The fraction of sp³-hybridized carbons (Fsp3) is 0.654. The molecule has 0 N–H and O–H groups in total. The van der Waals surface area contributed by atoms with E-state index in [2.05, 4.69) is 9.64 Å². The third-order valence-corrected chi connectivity index (χ3v) is 5.26. The van der Waals surface area contributed by atoms with Crippen LogP contribution in [0.2, 0.25) is 0 Å². The number of esters is 1. The van der Waals surface area contributed by atoms with Crippen LogP contribution in [-0.2, 0) is 30.4 Å². The molecule has 1 saturated heterocycles. The number of methoxy groups -OCH3 is 1. The molecule has 0 spiro atoms. The molecule has 0 bridgehead atoms. The van der Waals surface area contributed by atoms with E-state index in [1.165, 1.54) is 4.90 Å². The molecule has 34 heavy (non-hydrogen) atoms. The summed E-state index contributed by atoms with van der Waals surface area (Å²) in [6, 6.07) is 9.10. The van der Waals surface area contributed by atoms with E-state index in [0.717, 1.165) is 24.8 Å². The molecule has 192 valence electrons. The number of carbonyl (C=O) groups is 3. The van der Waals surface area contributed by atoms with Crippen LogP contribution in [-0.4, -0.2) is 80.2 Å². The van der Waals surface area contributed by atoms with Crippen LogP contribution in [0.25, 0.3) is 0 Å². The number of ether oxygens (including phenoxy) is 3. The fourth-order valence-corrected chi connectivity index (χ4v) is 3.47. The molecule has 1 aromatic rings. The Morgan fingerprint density at radius 1 is 1.06 bits per heavy atom. The second-order valence-corrected chi connectivity index (χ2v) is 10.3. The Kier molecular flexibility index (Phi) is 12.2. The lowest BCUT2D eigenvalue weighted by molar-refractivity contribution is -0.147. The molecule has 0 aromatic heterocycles. The summed E-state index contributed by atoms with van der Waals surface area (Å²) in [4.78, 5) is 39.9. The number of nitrogens with zero attached hydrogens (tertiary/aromatic N) is 2. The smallest absolute Gasteiger partial charge is 0.410 e. The highest BCUT2D eigenvalue weighted by molar-refractivity contribution is 5.74. The fourth-order valence-electron chi connectivity index (χ4n) is 3.47. The first-order valence-electron chi connectivity index (χ1n) is 11.7. The van der Waals surface area contributed by atoms with Gasteiger partial charge in [-0.2, -0.15) is 0 Å². The first kappa shape index (κ1) is 29.6. The highest BCUT2D eigenvalue weighted by Gasteiger charge is 2.34. The van der Waals surface area contributed by atoms with Crippen molar-refractivity contribution in [3.63, 3.8) is 0 Å². The summed E-state index contributed by atoms with van der Waals surface area (Å²) in [5, 5.41) is 0. The predicted molar refractivity (Wildman–Crippen MR) is 131 cm³/mol. The van der Waals surface area contributed by atoms with E-state index in [1.54, 1.807) is 14.2 Å². The molecule has 8 nitrogen and oxygen atoms in total. The van der Waals surface area contributed by atoms with Crippen LogP contribution in [0.5, 0.6) is 0 Å². The van der Waals surface area contributed by atoms with Crippen LogP contribution in [0.4, 0.5) is 4.79 Å². The van der Waals surface area contributed by atoms with E-state index in [4.69, 9.17) is 9.47 Å². The van der Waals surface area contributed by atoms with Crippen molar-refractivity contribution in [2.24, 2.45) is 5.41 Å². The number of aldehydes is 1. The van der Waals surface area contributed by atoms with Gasteiger partial charge in [-0.1, -0.05) is 44.2 Å². The van der Waals surface area contributed by atoms with Crippen LogP contribution >= 0.6 is 0 Å². The Balaban J connectivity index is 0.00000182. The molecule has 1 aliphatic heterocycles. The maximum absolute atomic E-state index is 12.4. The number of hydrogen-bond acceptors (Lipinski definition) is 7. The van der Waals surface area contributed by atoms with Crippen LogP contribution in [0.3, 0.4) is 0 Å². The third-order valence-electron chi connectivity index (χ3n) is 5.26. The molecule has 0 aliphatic carbocycles. The van der Waals surface area contributed by atoms with E-state index in [0.29, 0.717) is 26.1 Å². The molecule has 1 aliphatic rings. The second kappa shape index (κ2) is 14.1. The average Bonchev–Trinajstić information content (AvgIpc) is 2.76. The van der Waals surface area contributed by atoms with Crippen molar-refractivity contribution in [2.75, 3.05) is 40.4 Å². The minimum Gasteiger partial charge on any atom is -0.461 e. The molecule has 1 aromatic carbocycles. The van der Waals surface area contributed by atoms with Gasteiger partial charge in [-0.25, -0.2) is 4.79 Å². The topological polar surface area (TPSA) is 85.4 Å². The van der Waals surface area contributed by atoms with E-state index in [1.807, 2.05) is 65.0 Å². The lowest BCUT2D eigenvalue weighted by Crippen LogP contribution is -2.57. The first-order chi connectivity index (χ1) is 15.9. The molecule has 1 atom stereocenters. The van der Waals surface area contributed by atoms with Gasteiger partial charge in [0.05, 0.1) is 6.42 Å². The van der Waals surface area contributed by atoms with Gasteiger partial charge in [0.15, 0.2) is 0 Å². The van der Waals surface area contributed by atoms with Gasteiger partial charge in [0.1, 0.15) is 24.5 Å². The monoisotopic (exact) mass is 478 g/mol. The van der Waals surface area contributed by atoms with Crippen LogP contribution in [0.15, 0.2) is 30.3 Å². The summed E-state index contributed by atoms with van der Waals surface area (Å²) in [6.07, 6.45) is 1.47. The summed E-state index contributed by atoms with van der Waals surface area (Å²) >= 11 is 0. The molecule has 1 amide bonds. The van der Waals surface area contributed by atoms with Crippen molar-refractivity contribution in [1.82, 2.24) is 9.80 Å². The van der Waals surface area contributed by atoms with Crippen molar-refractivity contribution >= 4 is 18.3 Å². The Labute approximate surface area is 204 Å². The number of hydrogen-bond donors (Lipinski definition) is 0. The van der Waals surface area contributed by atoms with E-state index in [-0.39, 0.29) is 18.0 Å². The summed E-state index contributed by atoms with van der Waals surface area (Å²) in [6.45, 7) is 12.1. The van der Waals surface area contributed by atoms with Crippen LogP contribution in [0.1, 0.15) is 53.0 Å². The molecule has 0 saturated carbocycles. The summed E-state index contributed by atoms with van der Waals surface area (Å²) in [5.41, 5.74) is 0.143. The van der Waals surface area contributed by atoms with Crippen molar-refractivity contribution in [2.45, 2.75) is 65.7 Å². The number of rotatable bonds is 8. The summed E-state index contributed by atoms with van der Waals surface area (Å²) in [7, 11) is 3.25. The highest BCUT2D eigenvalue weighted by atomic mass is 16.6. The third kappa shape index (κ3) is 11.6. The van der Waals surface area contributed by atoms with Crippen molar-refractivity contribution in [3.05, 3.63) is 35.9 Å². The van der Waals surface area contributed by atoms with Gasteiger partial charge in [0, 0.05) is 33.9 Å². The molecule has 1 fully saturated rings. The Morgan fingerprint density at radius 3 is 2.24 bits per heavy atom. The molecule has 8 heteroatoms. The zero-order chi connectivity index (χ0) is 25.8. The SMILES string of the molecule is CC(C)(CCN1CCN(C(=O)OC(C)(C)C)C(C=O)C1)CC(=O)OCc1ccccc1.COC. The molecular weight excluding hydrogens is 436 g/mol. The quantitative estimate of drug-likeness (QED) is 0.413. The zero-order valence-electron chi connectivity index (χ0n) is 21.8. The van der Waals surface area contributed by atoms with Crippen molar-refractivity contribution < 1.29 is 28.6 Å². The number of carbonyl (C=O) groups excluding carboxylic acids is 3. The molecular formula is C26H42N2O6. The standard InChI is InChI=1S/C24H36N2O5.C2H6O/c1-23(2,3)31-22(29)26-14-13-25(16-20(26)17-27)12-11-24(4,5)15-21(28)30-18-19-9-7-6-8-10-19;1-3-2/h6-10,17,20H,11-16,18H2,1-5H3;1-2H3. The maximum atomic E-state index is 12.4. The molecule has 0 radical (unpaired) electrons. The van der Waals surface area contributed by atoms with Gasteiger partial charge >= 0.3 is 12.1 Å². The predicted octanol–water partition coefficient (Wildman–Crippen LogP) is 3.92. The lowest BCUT2D eigenvalue weighted by Gasteiger charge is -2.40. The Morgan fingerprint density at radius 2 is 1.68 bits per heavy atom.